The Morgan fingerprint density at radius 1 is 1.10 bits per heavy atom. The Morgan fingerprint density at radius 3 is 2.45 bits per heavy atom. The van der Waals surface area contributed by atoms with Crippen LogP contribution in [0.4, 0.5) is 5.95 Å². The molecule has 2 heterocycles. The fraction of sp³-hybridized carbons (Fsp3) is 0.214. The second-order valence-corrected chi connectivity index (χ2v) is 4.71. The largest absolute Gasteiger partial charge is 0.479 e. The highest BCUT2D eigenvalue weighted by atomic mass is 16.5. The van der Waals surface area contributed by atoms with Gasteiger partial charge in [0.2, 0.25) is 11.8 Å². The molecule has 0 amide bonds. The van der Waals surface area contributed by atoms with E-state index in [4.69, 9.17) is 10.5 Å². The topological polar surface area (TPSA) is 78.8 Å². The number of nitrogens with two attached hydrogens (primary N) is 1. The zero-order valence-electron chi connectivity index (χ0n) is 11.6. The van der Waals surface area contributed by atoms with Gasteiger partial charge in [-0.2, -0.15) is 4.98 Å². The Morgan fingerprint density at radius 2 is 1.80 bits per heavy atom. The number of aryl methyl sites for hydroxylation is 2. The molecule has 0 atom stereocenters. The first-order valence-electron chi connectivity index (χ1n) is 6.21. The van der Waals surface area contributed by atoms with Crippen molar-refractivity contribution in [3.05, 3.63) is 35.7 Å². The highest BCUT2D eigenvalue weighted by molar-refractivity contribution is 5.81. The van der Waals surface area contributed by atoms with E-state index in [0.717, 1.165) is 16.8 Å². The number of benzene rings is 1. The standard InChI is InChI=1S/C14H15N5O/c1-8-4-9(2)6-10(5-8)19-12-11(18-14(19)15)13(20-3)17-7-16-12/h4-7H,1-3H3,(H2,15,18). The molecule has 2 N–H and O–H groups in total. The van der Waals surface area contributed by atoms with E-state index in [0.29, 0.717) is 23.0 Å². The van der Waals surface area contributed by atoms with Crippen LogP contribution in [0.15, 0.2) is 24.5 Å². The third-order valence-corrected chi connectivity index (χ3v) is 3.09. The summed E-state index contributed by atoms with van der Waals surface area (Å²) >= 11 is 0. The van der Waals surface area contributed by atoms with E-state index in [1.807, 2.05) is 26.0 Å². The molecule has 0 aliphatic carbocycles. The lowest BCUT2D eigenvalue weighted by atomic mass is 10.1. The molecule has 0 unspecified atom stereocenters. The van der Waals surface area contributed by atoms with Gasteiger partial charge in [0, 0.05) is 0 Å². The van der Waals surface area contributed by atoms with Crippen molar-refractivity contribution < 1.29 is 4.74 Å². The second kappa shape index (κ2) is 4.48. The quantitative estimate of drug-likeness (QED) is 0.770. The van der Waals surface area contributed by atoms with Gasteiger partial charge in [0.05, 0.1) is 12.8 Å². The lowest BCUT2D eigenvalue weighted by Gasteiger charge is -2.08. The summed E-state index contributed by atoms with van der Waals surface area (Å²) in [4.78, 5) is 12.6. The van der Waals surface area contributed by atoms with Gasteiger partial charge in [0.15, 0.2) is 11.2 Å². The number of imidazole rings is 1. The molecule has 20 heavy (non-hydrogen) atoms. The number of ether oxygens (including phenoxy) is 1. The Bertz CT molecular complexity index is 773. The van der Waals surface area contributed by atoms with E-state index >= 15 is 0 Å². The molecule has 102 valence electrons. The van der Waals surface area contributed by atoms with Crippen molar-refractivity contribution >= 4 is 17.1 Å². The van der Waals surface area contributed by atoms with E-state index in [9.17, 15) is 0 Å². The highest BCUT2D eigenvalue weighted by Gasteiger charge is 2.16. The van der Waals surface area contributed by atoms with Crippen LogP contribution < -0.4 is 10.5 Å². The molecule has 3 rings (SSSR count). The van der Waals surface area contributed by atoms with E-state index in [-0.39, 0.29) is 0 Å². The predicted octanol–water partition coefficient (Wildman–Crippen LogP) is 2.02. The third-order valence-electron chi connectivity index (χ3n) is 3.09. The molecular formula is C14H15N5O. The summed E-state index contributed by atoms with van der Waals surface area (Å²) < 4.78 is 7.00. The Labute approximate surface area is 116 Å². The van der Waals surface area contributed by atoms with Crippen LogP contribution in [0.3, 0.4) is 0 Å². The number of nitrogens with zero attached hydrogens (tertiary/aromatic N) is 4. The van der Waals surface area contributed by atoms with E-state index in [1.165, 1.54) is 6.33 Å². The van der Waals surface area contributed by atoms with Crippen molar-refractivity contribution in [3.63, 3.8) is 0 Å². The second-order valence-electron chi connectivity index (χ2n) is 4.71. The van der Waals surface area contributed by atoms with Crippen molar-refractivity contribution in [2.45, 2.75) is 13.8 Å². The molecular weight excluding hydrogens is 254 g/mol. The first-order valence-corrected chi connectivity index (χ1v) is 6.21. The van der Waals surface area contributed by atoms with Gasteiger partial charge in [-0.3, -0.25) is 4.57 Å². The van der Waals surface area contributed by atoms with Crippen molar-refractivity contribution in [2.24, 2.45) is 0 Å². The zero-order valence-corrected chi connectivity index (χ0v) is 11.6. The maximum Gasteiger partial charge on any atom is 0.245 e. The summed E-state index contributed by atoms with van der Waals surface area (Å²) in [6.45, 7) is 4.09. The predicted molar refractivity (Wildman–Crippen MR) is 77.1 cm³/mol. The average Bonchev–Trinajstić information content (AvgIpc) is 2.73. The molecule has 2 aromatic heterocycles. The maximum atomic E-state index is 6.04. The molecule has 0 saturated heterocycles. The lowest BCUT2D eigenvalue weighted by Crippen LogP contribution is -2.02. The maximum absolute atomic E-state index is 6.04. The molecule has 6 heteroatoms. The summed E-state index contributed by atoms with van der Waals surface area (Å²) in [6.07, 6.45) is 1.45. The van der Waals surface area contributed by atoms with Gasteiger partial charge < -0.3 is 10.5 Å². The van der Waals surface area contributed by atoms with Gasteiger partial charge in [-0.25, -0.2) is 9.97 Å². The van der Waals surface area contributed by atoms with Crippen LogP contribution in [0.25, 0.3) is 16.9 Å². The Kier molecular flexibility index (Phi) is 2.78. The lowest BCUT2D eigenvalue weighted by molar-refractivity contribution is 0.401. The Balaban J connectivity index is 2.33. The summed E-state index contributed by atoms with van der Waals surface area (Å²) in [5.41, 5.74) is 10.5. The van der Waals surface area contributed by atoms with Gasteiger partial charge >= 0.3 is 0 Å². The molecule has 0 bridgehead atoms. The van der Waals surface area contributed by atoms with Crippen LogP contribution in [0.2, 0.25) is 0 Å². The molecule has 0 saturated carbocycles. The number of aromatic nitrogens is 4. The fourth-order valence-corrected chi connectivity index (χ4v) is 2.37. The van der Waals surface area contributed by atoms with Crippen LogP contribution in [0.5, 0.6) is 5.88 Å². The van der Waals surface area contributed by atoms with Gasteiger partial charge in [-0.1, -0.05) is 6.07 Å². The number of hydrogen-bond acceptors (Lipinski definition) is 5. The van der Waals surface area contributed by atoms with E-state index < -0.39 is 0 Å². The first-order chi connectivity index (χ1) is 9.60. The van der Waals surface area contributed by atoms with Gasteiger partial charge in [-0.15, -0.1) is 0 Å². The molecule has 0 aliphatic rings. The number of nitrogen functional groups attached to an aromatic ring is 1. The minimum atomic E-state index is 0.365. The normalized spacial score (nSPS) is 10.9. The summed E-state index contributed by atoms with van der Waals surface area (Å²) in [5, 5.41) is 0. The van der Waals surface area contributed by atoms with Crippen molar-refractivity contribution in [1.29, 1.82) is 0 Å². The molecule has 0 radical (unpaired) electrons. The molecule has 0 spiro atoms. The van der Waals surface area contributed by atoms with Crippen molar-refractivity contribution in [2.75, 3.05) is 12.8 Å². The highest BCUT2D eigenvalue weighted by Crippen LogP contribution is 2.26. The van der Waals surface area contributed by atoms with Crippen molar-refractivity contribution in [1.82, 2.24) is 19.5 Å². The zero-order chi connectivity index (χ0) is 14.3. The van der Waals surface area contributed by atoms with Crippen LogP contribution in [0, 0.1) is 13.8 Å². The smallest absolute Gasteiger partial charge is 0.245 e. The minimum Gasteiger partial charge on any atom is -0.479 e. The van der Waals surface area contributed by atoms with Crippen LogP contribution in [-0.2, 0) is 0 Å². The monoisotopic (exact) mass is 269 g/mol. The van der Waals surface area contributed by atoms with Gasteiger partial charge in [0.25, 0.3) is 0 Å². The van der Waals surface area contributed by atoms with E-state index in [2.05, 4.69) is 21.0 Å². The number of methoxy groups -OCH3 is 1. The van der Waals surface area contributed by atoms with Gasteiger partial charge in [0.1, 0.15) is 6.33 Å². The van der Waals surface area contributed by atoms with E-state index in [1.54, 1.807) is 11.7 Å². The Hall–Kier alpha value is -2.63. The molecule has 1 aromatic carbocycles. The van der Waals surface area contributed by atoms with Crippen molar-refractivity contribution in [3.8, 4) is 11.6 Å². The number of anilines is 1. The summed E-state index contributed by atoms with van der Waals surface area (Å²) in [6, 6.07) is 6.19. The summed E-state index contributed by atoms with van der Waals surface area (Å²) in [7, 11) is 1.55. The van der Waals surface area contributed by atoms with Crippen LogP contribution >= 0.6 is 0 Å². The number of fused-ring (bicyclic) bond motifs is 1. The number of hydrogen-bond donors (Lipinski definition) is 1. The van der Waals surface area contributed by atoms with Crippen LogP contribution in [0.1, 0.15) is 11.1 Å². The third kappa shape index (κ3) is 1.85. The SMILES string of the molecule is COc1ncnc2c1nc(N)n2-c1cc(C)cc(C)c1. The number of rotatable bonds is 2. The molecule has 0 fully saturated rings. The minimum absolute atomic E-state index is 0.365. The first kappa shape index (κ1) is 12.4. The molecule has 3 aromatic rings. The molecule has 0 aliphatic heterocycles. The van der Waals surface area contributed by atoms with Crippen LogP contribution in [-0.4, -0.2) is 26.6 Å². The fourth-order valence-electron chi connectivity index (χ4n) is 2.37. The summed E-state index contributed by atoms with van der Waals surface area (Å²) in [5.74, 6) is 0.786. The van der Waals surface area contributed by atoms with Gasteiger partial charge in [-0.05, 0) is 37.1 Å². The molecule has 6 nitrogen and oxygen atoms in total. The average molecular weight is 269 g/mol.